The second-order valence-electron chi connectivity index (χ2n) is 3.97. The Hall–Kier alpha value is -1.33. The van der Waals surface area contributed by atoms with Gasteiger partial charge in [0.05, 0.1) is 20.3 Å². The van der Waals surface area contributed by atoms with Crippen LogP contribution in [0.4, 0.5) is 5.82 Å². The Bertz CT molecular complexity index is 350. The molecule has 0 aromatic carbocycles. The fourth-order valence-electron chi connectivity index (χ4n) is 1.66. The summed E-state index contributed by atoms with van der Waals surface area (Å²) in [4.78, 5) is 6.63. The van der Waals surface area contributed by atoms with Gasteiger partial charge in [-0.3, -0.25) is 0 Å². The Morgan fingerprint density at radius 2 is 1.67 bits per heavy atom. The highest BCUT2D eigenvalue weighted by Gasteiger charge is 2.11. The van der Waals surface area contributed by atoms with E-state index in [1.807, 2.05) is 19.1 Å². The average molecular weight is 254 g/mol. The third kappa shape index (κ3) is 4.16. The van der Waals surface area contributed by atoms with Gasteiger partial charge in [-0.2, -0.15) is 4.98 Å². The van der Waals surface area contributed by atoms with Gasteiger partial charge in [0.15, 0.2) is 0 Å². The van der Waals surface area contributed by atoms with Crippen LogP contribution in [0.3, 0.4) is 0 Å². The summed E-state index contributed by atoms with van der Waals surface area (Å²) < 4.78 is 15.4. The zero-order valence-electron chi connectivity index (χ0n) is 11.6. The van der Waals surface area contributed by atoms with Gasteiger partial charge in [-0.25, -0.2) is 0 Å². The number of ether oxygens (including phenoxy) is 3. The Morgan fingerprint density at radius 1 is 1.06 bits per heavy atom. The van der Waals surface area contributed by atoms with Crippen LogP contribution in [0.25, 0.3) is 0 Å². The molecule has 0 bridgehead atoms. The van der Waals surface area contributed by atoms with Crippen molar-refractivity contribution >= 4 is 5.82 Å². The number of methoxy groups -OCH3 is 3. The molecule has 0 saturated carbocycles. The molecule has 1 heterocycles. The third-order valence-electron chi connectivity index (χ3n) is 2.68. The first-order valence-corrected chi connectivity index (χ1v) is 5.97. The summed E-state index contributed by atoms with van der Waals surface area (Å²) in [6.45, 7) is 4.90. The number of pyridine rings is 1. The van der Waals surface area contributed by atoms with E-state index in [-0.39, 0.29) is 0 Å². The summed E-state index contributed by atoms with van der Waals surface area (Å²) in [5.41, 5.74) is 1.11. The van der Waals surface area contributed by atoms with Gasteiger partial charge in [-0.1, -0.05) is 6.07 Å². The van der Waals surface area contributed by atoms with Crippen LogP contribution in [0, 0.1) is 6.92 Å². The van der Waals surface area contributed by atoms with Crippen LogP contribution in [-0.4, -0.2) is 52.6 Å². The zero-order chi connectivity index (χ0) is 13.4. The number of aromatic nitrogens is 1. The van der Waals surface area contributed by atoms with E-state index in [9.17, 15) is 0 Å². The number of rotatable bonds is 8. The summed E-state index contributed by atoms with van der Waals surface area (Å²) in [5.74, 6) is 1.54. The first-order valence-electron chi connectivity index (χ1n) is 5.97. The quantitative estimate of drug-likeness (QED) is 0.703. The van der Waals surface area contributed by atoms with Crippen molar-refractivity contribution < 1.29 is 14.2 Å². The summed E-state index contributed by atoms with van der Waals surface area (Å²) in [6, 6.07) is 3.87. The molecule has 5 heteroatoms. The van der Waals surface area contributed by atoms with Crippen LogP contribution < -0.4 is 9.64 Å². The highest BCUT2D eigenvalue weighted by Crippen LogP contribution is 2.20. The molecule has 0 aliphatic rings. The number of hydrogen-bond donors (Lipinski definition) is 0. The van der Waals surface area contributed by atoms with Crippen molar-refractivity contribution in [3.05, 3.63) is 17.7 Å². The normalized spacial score (nSPS) is 10.4. The second-order valence-corrected chi connectivity index (χ2v) is 3.97. The highest BCUT2D eigenvalue weighted by atomic mass is 16.5. The molecule has 1 aromatic rings. The zero-order valence-corrected chi connectivity index (χ0v) is 11.6. The van der Waals surface area contributed by atoms with E-state index in [2.05, 4.69) is 9.88 Å². The maximum atomic E-state index is 5.17. The van der Waals surface area contributed by atoms with Gasteiger partial charge in [0.2, 0.25) is 5.88 Å². The van der Waals surface area contributed by atoms with E-state index >= 15 is 0 Å². The van der Waals surface area contributed by atoms with Crippen LogP contribution >= 0.6 is 0 Å². The van der Waals surface area contributed by atoms with Crippen molar-refractivity contribution in [2.24, 2.45) is 0 Å². The van der Waals surface area contributed by atoms with Crippen molar-refractivity contribution in [2.45, 2.75) is 6.92 Å². The maximum absolute atomic E-state index is 5.17. The molecule has 1 aromatic heterocycles. The smallest absolute Gasteiger partial charge is 0.214 e. The molecule has 0 spiro atoms. The summed E-state index contributed by atoms with van der Waals surface area (Å²) in [5, 5.41) is 0. The molecule has 0 saturated heterocycles. The van der Waals surface area contributed by atoms with Crippen LogP contribution in [-0.2, 0) is 9.47 Å². The van der Waals surface area contributed by atoms with Crippen molar-refractivity contribution in [1.29, 1.82) is 0 Å². The van der Waals surface area contributed by atoms with Crippen LogP contribution in [0.5, 0.6) is 5.88 Å². The third-order valence-corrected chi connectivity index (χ3v) is 2.68. The predicted molar refractivity (Wildman–Crippen MR) is 71.5 cm³/mol. The van der Waals surface area contributed by atoms with E-state index in [1.54, 1.807) is 21.3 Å². The molecule has 0 amide bonds. The second kappa shape index (κ2) is 7.89. The van der Waals surface area contributed by atoms with Crippen LogP contribution in [0.15, 0.2) is 12.1 Å². The molecule has 0 unspecified atom stereocenters. The van der Waals surface area contributed by atoms with Crippen molar-refractivity contribution in [1.82, 2.24) is 4.98 Å². The molecule has 1 rings (SSSR count). The molecular formula is C13H22N2O3. The average Bonchev–Trinajstić information content (AvgIpc) is 2.40. The SMILES string of the molecule is COCCN(CCOC)c1nc(OC)ccc1C. The molecule has 0 atom stereocenters. The Labute approximate surface area is 109 Å². The van der Waals surface area contributed by atoms with Gasteiger partial charge in [0.25, 0.3) is 0 Å². The molecule has 0 radical (unpaired) electrons. The van der Waals surface area contributed by atoms with Gasteiger partial charge in [-0.15, -0.1) is 0 Å². The van der Waals surface area contributed by atoms with Gasteiger partial charge >= 0.3 is 0 Å². The Morgan fingerprint density at radius 3 is 2.17 bits per heavy atom. The molecule has 102 valence electrons. The monoisotopic (exact) mass is 254 g/mol. The molecule has 0 aliphatic carbocycles. The van der Waals surface area contributed by atoms with E-state index < -0.39 is 0 Å². The summed E-state index contributed by atoms with van der Waals surface area (Å²) in [6.07, 6.45) is 0. The number of nitrogens with zero attached hydrogens (tertiary/aromatic N) is 2. The lowest BCUT2D eigenvalue weighted by Crippen LogP contribution is -2.32. The van der Waals surface area contributed by atoms with E-state index in [4.69, 9.17) is 14.2 Å². The number of anilines is 1. The van der Waals surface area contributed by atoms with Crippen LogP contribution in [0.2, 0.25) is 0 Å². The van der Waals surface area contributed by atoms with Crippen molar-refractivity contribution in [3.63, 3.8) is 0 Å². The van der Waals surface area contributed by atoms with E-state index in [0.717, 1.165) is 24.5 Å². The van der Waals surface area contributed by atoms with Crippen molar-refractivity contribution in [3.8, 4) is 5.88 Å². The molecular weight excluding hydrogens is 232 g/mol. The molecule has 5 nitrogen and oxygen atoms in total. The largest absolute Gasteiger partial charge is 0.481 e. The Kier molecular flexibility index (Phi) is 6.46. The molecule has 0 N–H and O–H groups in total. The lowest BCUT2D eigenvalue weighted by Gasteiger charge is -2.25. The molecule has 18 heavy (non-hydrogen) atoms. The highest BCUT2D eigenvalue weighted by molar-refractivity contribution is 5.48. The van der Waals surface area contributed by atoms with Crippen molar-refractivity contribution in [2.75, 3.05) is 52.5 Å². The predicted octanol–water partition coefficient (Wildman–Crippen LogP) is 1.50. The number of hydrogen-bond acceptors (Lipinski definition) is 5. The fourth-order valence-corrected chi connectivity index (χ4v) is 1.66. The first kappa shape index (κ1) is 14.7. The summed E-state index contributed by atoms with van der Waals surface area (Å²) >= 11 is 0. The topological polar surface area (TPSA) is 43.8 Å². The lowest BCUT2D eigenvalue weighted by atomic mass is 10.2. The van der Waals surface area contributed by atoms with Crippen LogP contribution in [0.1, 0.15) is 5.56 Å². The minimum Gasteiger partial charge on any atom is -0.481 e. The van der Waals surface area contributed by atoms with Gasteiger partial charge in [0, 0.05) is 33.4 Å². The van der Waals surface area contributed by atoms with E-state index in [1.165, 1.54) is 0 Å². The minimum absolute atomic E-state index is 0.621. The van der Waals surface area contributed by atoms with Gasteiger partial charge < -0.3 is 19.1 Å². The lowest BCUT2D eigenvalue weighted by molar-refractivity contribution is 0.190. The molecule has 0 fully saturated rings. The first-order chi connectivity index (χ1) is 8.72. The number of aryl methyl sites for hydroxylation is 1. The maximum Gasteiger partial charge on any atom is 0.214 e. The van der Waals surface area contributed by atoms with Gasteiger partial charge in [0.1, 0.15) is 5.82 Å². The van der Waals surface area contributed by atoms with E-state index in [0.29, 0.717) is 19.1 Å². The Balaban J connectivity index is 2.87. The fraction of sp³-hybridized carbons (Fsp3) is 0.615. The van der Waals surface area contributed by atoms with Gasteiger partial charge in [-0.05, 0) is 12.5 Å². The minimum atomic E-state index is 0.621. The standard InChI is InChI=1S/C13H22N2O3/c1-11-5-6-12(18-4)14-13(11)15(7-9-16-2)8-10-17-3/h5-6H,7-10H2,1-4H3. The molecule has 0 aliphatic heterocycles. The summed E-state index contributed by atoms with van der Waals surface area (Å²) in [7, 11) is 5.01.